The predicted octanol–water partition coefficient (Wildman–Crippen LogP) is 2.89. The van der Waals surface area contributed by atoms with Crippen molar-refractivity contribution in [1.29, 1.82) is 0 Å². The Kier molecular flexibility index (Phi) is 3.60. The first-order valence-corrected chi connectivity index (χ1v) is 7.29. The van der Waals surface area contributed by atoms with Gasteiger partial charge in [-0.2, -0.15) is 0 Å². The number of carbonyl (C=O) groups is 1. The average Bonchev–Trinajstić information content (AvgIpc) is 2.89. The maximum absolute atomic E-state index is 10.9. The number of furan rings is 1. The fourth-order valence-electron chi connectivity index (χ4n) is 3.45. The molecule has 4 nitrogen and oxygen atoms in total. The summed E-state index contributed by atoms with van der Waals surface area (Å²) in [7, 11) is 0. The zero-order valence-corrected chi connectivity index (χ0v) is 11.1. The second kappa shape index (κ2) is 5.37. The lowest BCUT2D eigenvalue weighted by molar-refractivity contribution is -0.142. The fourth-order valence-corrected chi connectivity index (χ4v) is 3.45. The van der Waals surface area contributed by atoms with Gasteiger partial charge in [0.1, 0.15) is 5.76 Å². The van der Waals surface area contributed by atoms with Gasteiger partial charge in [0.25, 0.3) is 0 Å². The molecule has 2 aliphatic carbocycles. The van der Waals surface area contributed by atoms with Gasteiger partial charge in [0.15, 0.2) is 0 Å². The molecule has 0 aromatic carbocycles. The molecule has 0 bridgehead atoms. The van der Waals surface area contributed by atoms with E-state index in [9.17, 15) is 4.79 Å². The summed E-state index contributed by atoms with van der Waals surface area (Å²) in [5.41, 5.74) is 1.31. The lowest BCUT2D eigenvalue weighted by Crippen LogP contribution is -2.38. The standard InChI is InChI=1S/C15H21NO3/c17-15(18)10-4-6-11(7-5-10)16-13-2-1-3-14-12(13)8-9-19-14/h8-11,13,16H,1-7H2,(H,17,18). The van der Waals surface area contributed by atoms with E-state index >= 15 is 0 Å². The minimum Gasteiger partial charge on any atom is -0.481 e. The number of nitrogens with one attached hydrogen (secondary N) is 1. The molecule has 1 unspecified atom stereocenters. The van der Waals surface area contributed by atoms with Crippen LogP contribution in [0.4, 0.5) is 0 Å². The molecular weight excluding hydrogens is 242 g/mol. The maximum atomic E-state index is 10.9. The van der Waals surface area contributed by atoms with E-state index in [1.807, 2.05) is 0 Å². The number of carboxylic acids is 1. The van der Waals surface area contributed by atoms with Crippen molar-refractivity contribution in [2.75, 3.05) is 0 Å². The highest BCUT2D eigenvalue weighted by atomic mass is 16.4. The summed E-state index contributed by atoms with van der Waals surface area (Å²) in [6.45, 7) is 0. The van der Waals surface area contributed by atoms with Gasteiger partial charge in [0.05, 0.1) is 12.2 Å². The Hall–Kier alpha value is -1.29. The van der Waals surface area contributed by atoms with E-state index in [0.29, 0.717) is 12.1 Å². The molecule has 3 rings (SSSR count). The van der Waals surface area contributed by atoms with Gasteiger partial charge in [0, 0.05) is 24.1 Å². The lowest BCUT2D eigenvalue weighted by Gasteiger charge is -2.32. The van der Waals surface area contributed by atoms with Gasteiger partial charge in [-0.05, 0) is 44.6 Å². The van der Waals surface area contributed by atoms with Crippen molar-refractivity contribution in [2.45, 2.75) is 57.0 Å². The van der Waals surface area contributed by atoms with Crippen LogP contribution in [-0.4, -0.2) is 17.1 Å². The van der Waals surface area contributed by atoms with Crippen LogP contribution in [0.25, 0.3) is 0 Å². The van der Waals surface area contributed by atoms with Gasteiger partial charge in [-0.3, -0.25) is 4.79 Å². The van der Waals surface area contributed by atoms with Crippen molar-refractivity contribution in [1.82, 2.24) is 5.32 Å². The van der Waals surface area contributed by atoms with Gasteiger partial charge >= 0.3 is 5.97 Å². The smallest absolute Gasteiger partial charge is 0.306 e. The molecule has 4 heteroatoms. The van der Waals surface area contributed by atoms with E-state index in [2.05, 4.69) is 11.4 Å². The molecule has 19 heavy (non-hydrogen) atoms. The van der Waals surface area contributed by atoms with E-state index in [0.717, 1.165) is 44.3 Å². The minimum absolute atomic E-state index is 0.131. The normalized spacial score (nSPS) is 30.8. The monoisotopic (exact) mass is 263 g/mol. The highest BCUT2D eigenvalue weighted by Crippen LogP contribution is 2.33. The van der Waals surface area contributed by atoms with Crippen LogP contribution < -0.4 is 5.32 Å². The molecule has 1 aromatic heterocycles. The second-order valence-electron chi connectivity index (χ2n) is 5.80. The van der Waals surface area contributed by atoms with E-state index in [1.54, 1.807) is 6.26 Å². The Labute approximate surface area is 113 Å². The van der Waals surface area contributed by atoms with Crippen molar-refractivity contribution in [2.24, 2.45) is 5.92 Å². The van der Waals surface area contributed by atoms with Crippen LogP contribution in [0.15, 0.2) is 16.7 Å². The summed E-state index contributed by atoms with van der Waals surface area (Å²) in [6.07, 6.45) is 8.71. The molecule has 1 saturated carbocycles. The third-order valence-electron chi connectivity index (χ3n) is 4.57. The molecule has 0 radical (unpaired) electrons. The van der Waals surface area contributed by atoms with Crippen molar-refractivity contribution in [3.63, 3.8) is 0 Å². The van der Waals surface area contributed by atoms with E-state index in [1.165, 1.54) is 12.0 Å². The molecule has 2 N–H and O–H groups in total. The number of hydrogen-bond donors (Lipinski definition) is 2. The summed E-state index contributed by atoms with van der Waals surface area (Å²) in [4.78, 5) is 10.9. The van der Waals surface area contributed by atoms with Crippen molar-refractivity contribution in [3.8, 4) is 0 Å². The number of carboxylic acid groups (broad SMARTS) is 1. The van der Waals surface area contributed by atoms with Crippen molar-refractivity contribution < 1.29 is 14.3 Å². The number of aryl methyl sites for hydroxylation is 1. The van der Waals surface area contributed by atoms with Gasteiger partial charge in [-0.25, -0.2) is 0 Å². The first kappa shape index (κ1) is 12.7. The largest absolute Gasteiger partial charge is 0.481 e. The Morgan fingerprint density at radius 3 is 2.79 bits per heavy atom. The SMILES string of the molecule is O=C(O)C1CCC(NC2CCCc3occc32)CC1. The summed E-state index contributed by atoms with van der Waals surface area (Å²) in [6, 6.07) is 2.94. The molecule has 1 aromatic rings. The zero-order chi connectivity index (χ0) is 13.2. The molecule has 0 spiro atoms. The number of hydrogen-bond acceptors (Lipinski definition) is 3. The molecule has 0 aliphatic heterocycles. The molecule has 1 fully saturated rings. The molecule has 1 atom stereocenters. The molecule has 2 aliphatic rings. The number of fused-ring (bicyclic) bond motifs is 1. The Bertz CT molecular complexity index is 446. The Morgan fingerprint density at radius 1 is 1.26 bits per heavy atom. The topological polar surface area (TPSA) is 62.5 Å². The van der Waals surface area contributed by atoms with E-state index in [4.69, 9.17) is 9.52 Å². The van der Waals surface area contributed by atoms with Crippen LogP contribution >= 0.6 is 0 Å². The van der Waals surface area contributed by atoms with E-state index in [-0.39, 0.29) is 5.92 Å². The minimum atomic E-state index is -0.631. The van der Waals surface area contributed by atoms with Crippen LogP contribution in [0.5, 0.6) is 0 Å². The summed E-state index contributed by atoms with van der Waals surface area (Å²) in [5, 5.41) is 12.7. The number of aliphatic carboxylic acids is 1. The molecule has 0 saturated heterocycles. The molecular formula is C15H21NO3. The first-order valence-electron chi connectivity index (χ1n) is 7.29. The average molecular weight is 263 g/mol. The highest BCUT2D eigenvalue weighted by Gasteiger charge is 2.29. The summed E-state index contributed by atoms with van der Waals surface area (Å²) >= 11 is 0. The molecule has 104 valence electrons. The quantitative estimate of drug-likeness (QED) is 0.880. The Balaban J connectivity index is 1.58. The van der Waals surface area contributed by atoms with Gasteiger partial charge in [-0.15, -0.1) is 0 Å². The number of rotatable bonds is 3. The van der Waals surface area contributed by atoms with Crippen LogP contribution in [0.2, 0.25) is 0 Å². The lowest BCUT2D eigenvalue weighted by atomic mass is 9.84. The summed E-state index contributed by atoms with van der Waals surface area (Å²) in [5.74, 6) is 0.366. The molecule has 1 heterocycles. The van der Waals surface area contributed by atoms with Crippen molar-refractivity contribution >= 4 is 5.97 Å². The second-order valence-corrected chi connectivity index (χ2v) is 5.80. The summed E-state index contributed by atoms with van der Waals surface area (Å²) < 4.78 is 5.51. The maximum Gasteiger partial charge on any atom is 0.306 e. The van der Waals surface area contributed by atoms with Gasteiger partial charge < -0.3 is 14.8 Å². The predicted molar refractivity (Wildman–Crippen MR) is 70.9 cm³/mol. The third-order valence-corrected chi connectivity index (χ3v) is 4.57. The first-order chi connectivity index (χ1) is 9.24. The van der Waals surface area contributed by atoms with Gasteiger partial charge in [-0.1, -0.05) is 0 Å². The zero-order valence-electron chi connectivity index (χ0n) is 11.1. The van der Waals surface area contributed by atoms with Crippen LogP contribution in [0.1, 0.15) is 55.9 Å². The van der Waals surface area contributed by atoms with Crippen LogP contribution in [0.3, 0.4) is 0 Å². The molecule has 0 amide bonds. The highest BCUT2D eigenvalue weighted by molar-refractivity contribution is 5.70. The van der Waals surface area contributed by atoms with E-state index < -0.39 is 5.97 Å². The van der Waals surface area contributed by atoms with Crippen LogP contribution in [0, 0.1) is 5.92 Å². The third kappa shape index (κ3) is 2.68. The van der Waals surface area contributed by atoms with Crippen molar-refractivity contribution in [3.05, 3.63) is 23.7 Å². The Morgan fingerprint density at radius 2 is 2.05 bits per heavy atom. The van der Waals surface area contributed by atoms with Gasteiger partial charge in [0.2, 0.25) is 0 Å². The van der Waals surface area contributed by atoms with Crippen LogP contribution in [-0.2, 0) is 11.2 Å². The fraction of sp³-hybridized carbons (Fsp3) is 0.667.